The fourth-order valence-electron chi connectivity index (χ4n) is 2.77. The topological polar surface area (TPSA) is 47.3 Å². The number of aliphatic hydroxyl groups is 1. The predicted octanol–water partition coefficient (Wildman–Crippen LogP) is 2.85. The van der Waals surface area contributed by atoms with E-state index in [0.29, 0.717) is 6.61 Å². The molecule has 0 spiro atoms. The van der Waals surface area contributed by atoms with E-state index in [1.165, 1.54) is 5.56 Å². The largest absolute Gasteiger partial charge is 0.486 e. The van der Waals surface area contributed by atoms with Gasteiger partial charge in [0, 0.05) is 18.9 Å². The number of benzene rings is 1. The molecule has 0 saturated carbocycles. The number of aryl methyl sites for hydroxylation is 2. The zero-order valence-electron chi connectivity index (χ0n) is 11.7. The summed E-state index contributed by atoms with van der Waals surface area (Å²) in [7, 11) is 0. The fraction of sp³-hybridized carbons (Fsp3) is 0.438. The Morgan fingerprint density at radius 1 is 1.45 bits per heavy atom. The normalized spacial score (nSPS) is 17.8. The Morgan fingerprint density at radius 3 is 3.20 bits per heavy atom. The fourth-order valence-corrected chi connectivity index (χ4v) is 2.77. The summed E-state index contributed by atoms with van der Waals surface area (Å²) >= 11 is 0. The molecule has 106 valence electrons. The van der Waals surface area contributed by atoms with Crippen molar-refractivity contribution in [3.05, 3.63) is 47.5 Å². The van der Waals surface area contributed by atoms with E-state index in [4.69, 9.17) is 4.74 Å². The van der Waals surface area contributed by atoms with E-state index >= 15 is 0 Å². The second-order valence-electron chi connectivity index (χ2n) is 5.19. The lowest BCUT2D eigenvalue weighted by Crippen LogP contribution is -2.10. The van der Waals surface area contributed by atoms with Crippen molar-refractivity contribution < 1.29 is 9.84 Å². The molecule has 4 nitrogen and oxygen atoms in total. The maximum atomic E-state index is 9.95. The Balaban J connectivity index is 1.72. The van der Waals surface area contributed by atoms with Crippen LogP contribution in [0, 0.1) is 0 Å². The highest BCUT2D eigenvalue weighted by atomic mass is 16.5. The van der Waals surface area contributed by atoms with Gasteiger partial charge in [0.05, 0.1) is 6.10 Å². The van der Waals surface area contributed by atoms with Gasteiger partial charge in [-0.05, 0) is 49.4 Å². The monoisotopic (exact) mass is 272 g/mol. The standard InChI is InChI=1S/C16H20N2O2/c1-2-18-9-8-17-16(18)11-20-13-6-7-14-12(10-13)4-3-5-15(14)19/h6-10,15,19H,2-5,11H2,1H3. The summed E-state index contributed by atoms with van der Waals surface area (Å²) in [5, 5.41) is 9.95. The third kappa shape index (κ3) is 2.56. The Kier molecular flexibility index (Phi) is 3.74. The van der Waals surface area contributed by atoms with Gasteiger partial charge in [-0.25, -0.2) is 4.98 Å². The average molecular weight is 272 g/mol. The first-order valence-electron chi connectivity index (χ1n) is 7.21. The molecule has 1 unspecified atom stereocenters. The van der Waals surface area contributed by atoms with Crippen molar-refractivity contribution in [2.24, 2.45) is 0 Å². The maximum Gasteiger partial charge on any atom is 0.146 e. The molecular weight excluding hydrogens is 252 g/mol. The van der Waals surface area contributed by atoms with E-state index < -0.39 is 0 Å². The number of ether oxygens (including phenoxy) is 1. The summed E-state index contributed by atoms with van der Waals surface area (Å²) in [6, 6.07) is 5.98. The first kappa shape index (κ1) is 13.2. The first-order chi connectivity index (χ1) is 9.78. The van der Waals surface area contributed by atoms with Crippen LogP contribution in [0.25, 0.3) is 0 Å². The molecule has 1 aromatic carbocycles. The van der Waals surface area contributed by atoms with Crippen molar-refractivity contribution in [3.8, 4) is 5.75 Å². The van der Waals surface area contributed by atoms with Gasteiger partial charge in [0.15, 0.2) is 0 Å². The Hall–Kier alpha value is -1.81. The highest BCUT2D eigenvalue weighted by molar-refractivity contribution is 5.38. The van der Waals surface area contributed by atoms with E-state index in [9.17, 15) is 5.11 Å². The van der Waals surface area contributed by atoms with Gasteiger partial charge in [-0.15, -0.1) is 0 Å². The number of hydrogen-bond donors (Lipinski definition) is 1. The lowest BCUT2D eigenvalue weighted by Gasteiger charge is -2.21. The third-order valence-corrected chi connectivity index (χ3v) is 3.91. The summed E-state index contributed by atoms with van der Waals surface area (Å²) in [6.45, 7) is 3.46. The van der Waals surface area contributed by atoms with E-state index in [1.807, 2.05) is 18.3 Å². The zero-order chi connectivity index (χ0) is 13.9. The number of hydrogen-bond acceptors (Lipinski definition) is 3. The van der Waals surface area contributed by atoms with Crippen LogP contribution < -0.4 is 4.74 Å². The minimum absolute atomic E-state index is 0.313. The Labute approximate surface area is 119 Å². The highest BCUT2D eigenvalue weighted by Crippen LogP contribution is 2.32. The van der Waals surface area contributed by atoms with Crippen molar-refractivity contribution in [1.29, 1.82) is 0 Å². The molecule has 0 radical (unpaired) electrons. The molecule has 1 aliphatic rings. The third-order valence-electron chi connectivity index (χ3n) is 3.91. The van der Waals surface area contributed by atoms with Gasteiger partial charge in [0.1, 0.15) is 18.2 Å². The van der Waals surface area contributed by atoms with Crippen LogP contribution in [0.4, 0.5) is 0 Å². The number of aliphatic hydroxyl groups excluding tert-OH is 1. The van der Waals surface area contributed by atoms with Crippen LogP contribution >= 0.6 is 0 Å². The first-order valence-corrected chi connectivity index (χ1v) is 7.21. The molecule has 0 fully saturated rings. The van der Waals surface area contributed by atoms with Gasteiger partial charge in [-0.1, -0.05) is 6.07 Å². The smallest absolute Gasteiger partial charge is 0.146 e. The molecule has 0 amide bonds. The molecule has 0 bridgehead atoms. The molecule has 3 rings (SSSR count). The Bertz CT molecular complexity index is 592. The summed E-state index contributed by atoms with van der Waals surface area (Å²) in [5.74, 6) is 1.79. The molecule has 20 heavy (non-hydrogen) atoms. The van der Waals surface area contributed by atoms with E-state index in [0.717, 1.165) is 42.9 Å². The molecule has 2 aromatic rings. The van der Waals surface area contributed by atoms with Crippen molar-refractivity contribution in [2.75, 3.05) is 0 Å². The molecule has 1 N–H and O–H groups in total. The molecule has 1 heterocycles. The summed E-state index contributed by atoms with van der Waals surface area (Å²) in [4.78, 5) is 4.30. The lowest BCUT2D eigenvalue weighted by atomic mass is 9.89. The average Bonchev–Trinajstić information content (AvgIpc) is 2.92. The second-order valence-corrected chi connectivity index (χ2v) is 5.19. The number of nitrogens with zero attached hydrogens (tertiary/aromatic N) is 2. The summed E-state index contributed by atoms with van der Waals surface area (Å²) < 4.78 is 7.90. The zero-order valence-corrected chi connectivity index (χ0v) is 11.7. The minimum Gasteiger partial charge on any atom is -0.486 e. The molecule has 4 heteroatoms. The van der Waals surface area contributed by atoms with Gasteiger partial charge >= 0.3 is 0 Å². The van der Waals surface area contributed by atoms with Crippen LogP contribution in [0.3, 0.4) is 0 Å². The number of aromatic nitrogens is 2. The predicted molar refractivity (Wildman–Crippen MR) is 76.6 cm³/mol. The van der Waals surface area contributed by atoms with Gasteiger partial charge in [0.2, 0.25) is 0 Å². The van der Waals surface area contributed by atoms with Crippen LogP contribution in [-0.4, -0.2) is 14.7 Å². The summed E-state index contributed by atoms with van der Waals surface area (Å²) in [6.07, 6.45) is 6.37. The van der Waals surface area contributed by atoms with Crippen molar-refractivity contribution in [2.45, 2.75) is 45.4 Å². The number of rotatable bonds is 4. The van der Waals surface area contributed by atoms with Crippen LogP contribution in [-0.2, 0) is 19.6 Å². The number of fused-ring (bicyclic) bond motifs is 1. The van der Waals surface area contributed by atoms with Crippen LogP contribution in [0.5, 0.6) is 5.75 Å². The van der Waals surface area contributed by atoms with E-state index in [-0.39, 0.29) is 6.10 Å². The molecule has 0 aliphatic heterocycles. The maximum absolute atomic E-state index is 9.95. The van der Waals surface area contributed by atoms with Gasteiger partial charge in [-0.3, -0.25) is 0 Å². The lowest BCUT2D eigenvalue weighted by molar-refractivity contribution is 0.156. The molecule has 1 atom stereocenters. The minimum atomic E-state index is -0.313. The molecule has 0 saturated heterocycles. The number of imidazole rings is 1. The molecule has 1 aliphatic carbocycles. The van der Waals surface area contributed by atoms with Crippen molar-refractivity contribution >= 4 is 0 Å². The molecular formula is C16H20N2O2. The van der Waals surface area contributed by atoms with E-state index in [2.05, 4.69) is 22.5 Å². The van der Waals surface area contributed by atoms with E-state index in [1.54, 1.807) is 6.20 Å². The van der Waals surface area contributed by atoms with Crippen LogP contribution in [0.2, 0.25) is 0 Å². The second kappa shape index (κ2) is 5.67. The Morgan fingerprint density at radius 2 is 2.35 bits per heavy atom. The summed E-state index contributed by atoms with van der Waals surface area (Å²) in [5.41, 5.74) is 2.26. The molecule has 1 aromatic heterocycles. The van der Waals surface area contributed by atoms with Crippen molar-refractivity contribution in [1.82, 2.24) is 9.55 Å². The van der Waals surface area contributed by atoms with Crippen LogP contribution in [0.1, 0.15) is 42.8 Å². The van der Waals surface area contributed by atoms with Crippen molar-refractivity contribution in [3.63, 3.8) is 0 Å². The quantitative estimate of drug-likeness (QED) is 0.931. The van der Waals surface area contributed by atoms with Crippen LogP contribution in [0.15, 0.2) is 30.6 Å². The van der Waals surface area contributed by atoms with Gasteiger partial charge in [0.25, 0.3) is 0 Å². The van der Waals surface area contributed by atoms with Gasteiger partial charge in [-0.2, -0.15) is 0 Å². The van der Waals surface area contributed by atoms with Gasteiger partial charge < -0.3 is 14.4 Å². The SMILES string of the molecule is CCn1ccnc1COc1ccc2c(c1)CCCC2O. The highest BCUT2D eigenvalue weighted by Gasteiger charge is 2.18.